The second kappa shape index (κ2) is 9.54. The lowest BCUT2D eigenvalue weighted by atomic mass is 10.0. The van der Waals surface area contributed by atoms with Crippen LogP contribution in [0.5, 0.6) is 0 Å². The molecule has 0 aliphatic carbocycles. The molecule has 0 bridgehead atoms. The van der Waals surface area contributed by atoms with E-state index in [0.717, 1.165) is 18.6 Å². The molecule has 0 amide bonds. The molecule has 0 saturated carbocycles. The van der Waals surface area contributed by atoms with Crippen molar-refractivity contribution in [2.45, 2.75) is 46.1 Å². The lowest BCUT2D eigenvalue weighted by Gasteiger charge is -2.15. The van der Waals surface area contributed by atoms with Crippen LogP contribution in [-0.4, -0.2) is 19.7 Å². The first kappa shape index (κ1) is 16.7. The largest absolute Gasteiger partial charge is 0.465 e. The van der Waals surface area contributed by atoms with E-state index in [0.29, 0.717) is 18.1 Å². The van der Waals surface area contributed by atoms with Gasteiger partial charge in [0.05, 0.1) is 19.3 Å². The van der Waals surface area contributed by atoms with E-state index in [2.05, 4.69) is 13.8 Å². The highest BCUT2D eigenvalue weighted by molar-refractivity contribution is 5.90. The van der Waals surface area contributed by atoms with E-state index in [4.69, 9.17) is 9.47 Å². The molecule has 0 radical (unpaired) electrons. The zero-order valence-electron chi connectivity index (χ0n) is 12.9. The standard InChI is InChI=1S/C17H26O3/c1-4-6-9-14(5-2)12-20-13-15-10-7-8-11-16(15)17(18)19-3/h7-8,10-11,14H,4-6,9,12-13H2,1-3H3. The normalized spacial score (nSPS) is 12.2. The summed E-state index contributed by atoms with van der Waals surface area (Å²) in [6.45, 7) is 5.63. The fourth-order valence-electron chi connectivity index (χ4n) is 2.19. The number of methoxy groups -OCH3 is 1. The van der Waals surface area contributed by atoms with E-state index in [1.54, 1.807) is 6.07 Å². The summed E-state index contributed by atoms with van der Waals surface area (Å²) < 4.78 is 10.6. The summed E-state index contributed by atoms with van der Waals surface area (Å²) in [6.07, 6.45) is 4.83. The fraction of sp³-hybridized carbons (Fsp3) is 0.588. The maximum absolute atomic E-state index is 11.7. The molecule has 1 aromatic rings. The summed E-state index contributed by atoms with van der Waals surface area (Å²) in [6, 6.07) is 7.45. The Hall–Kier alpha value is -1.35. The van der Waals surface area contributed by atoms with Crippen LogP contribution in [0.1, 0.15) is 55.5 Å². The number of rotatable bonds is 9. The Balaban J connectivity index is 2.51. The lowest BCUT2D eigenvalue weighted by Crippen LogP contribution is -2.11. The molecule has 0 heterocycles. The first-order chi connectivity index (χ1) is 9.72. The highest BCUT2D eigenvalue weighted by atomic mass is 16.5. The molecule has 1 atom stereocenters. The first-order valence-electron chi connectivity index (χ1n) is 7.46. The molecule has 3 nitrogen and oxygen atoms in total. The van der Waals surface area contributed by atoms with Crippen LogP contribution in [0.15, 0.2) is 24.3 Å². The van der Waals surface area contributed by atoms with Crippen LogP contribution >= 0.6 is 0 Å². The smallest absolute Gasteiger partial charge is 0.338 e. The van der Waals surface area contributed by atoms with E-state index >= 15 is 0 Å². The average Bonchev–Trinajstić information content (AvgIpc) is 2.50. The van der Waals surface area contributed by atoms with Crippen LogP contribution < -0.4 is 0 Å². The summed E-state index contributed by atoms with van der Waals surface area (Å²) in [7, 11) is 1.40. The third-order valence-electron chi connectivity index (χ3n) is 3.58. The maximum atomic E-state index is 11.7. The average molecular weight is 278 g/mol. The summed E-state index contributed by atoms with van der Waals surface area (Å²) in [4.78, 5) is 11.7. The van der Waals surface area contributed by atoms with Crippen LogP contribution in [0.2, 0.25) is 0 Å². The summed E-state index contributed by atoms with van der Waals surface area (Å²) in [5.74, 6) is 0.308. The zero-order chi connectivity index (χ0) is 14.8. The predicted octanol–water partition coefficient (Wildman–Crippen LogP) is 4.21. The number of unbranched alkanes of at least 4 members (excludes halogenated alkanes) is 1. The van der Waals surface area contributed by atoms with Gasteiger partial charge in [-0.05, 0) is 24.0 Å². The van der Waals surface area contributed by atoms with Crippen molar-refractivity contribution in [3.63, 3.8) is 0 Å². The minimum atomic E-state index is -0.303. The van der Waals surface area contributed by atoms with Crippen LogP contribution in [-0.2, 0) is 16.1 Å². The van der Waals surface area contributed by atoms with Gasteiger partial charge in [0.15, 0.2) is 0 Å². The first-order valence-corrected chi connectivity index (χ1v) is 7.46. The van der Waals surface area contributed by atoms with Crippen molar-refractivity contribution >= 4 is 5.97 Å². The second-order valence-corrected chi connectivity index (χ2v) is 5.08. The van der Waals surface area contributed by atoms with Crippen molar-refractivity contribution in [2.24, 2.45) is 5.92 Å². The molecule has 0 N–H and O–H groups in total. The van der Waals surface area contributed by atoms with Gasteiger partial charge in [-0.3, -0.25) is 0 Å². The van der Waals surface area contributed by atoms with Gasteiger partial charge < -0.3 is 9.47 Å². The maximum Gasteiger partial charge on any atom is 0.338 e. The monoisotopic (exact) mass is 278 g/mol. The Morgan fingerprint density at radius 2 is 2.00 bits per heavy atom. The highest BCUT2D eigenvalue weighted by Gasteiger charge is 2.12. The fourth-order valence-corrected chi connectivity index (χ4v) is 2.19. The molecule has 0 aliphatic heterocycles. The molecule has 0 spiro atoms. The van der Waals surface area contributed by atoms with Gasteiger partial charge in [-0.25, -0.2) is 4.79 Å². The molecule has 20 heavy (non-hydrogen) atoms. The number of benzene rings is 1. The van der Waals surface area contributed by atoms with Crippen molar-refractivity contribution in [1.82, 2.24) is 0 Å². The number of esters is 1. The Kier molecular flexibility index (Phi) is 7.97. The van der Waals surface area contributed by atoms with Gasteiger partial charge >= 0.3 is 5.97 Å². The summed E-state index contributed by atoms with van der Waals surface area (Å²) in [5.41, 5.74) is 1.49. The molecule has 3 heteroatoms. The number of hydrogen-bond acceptors (Lipinski definition) is 3. The van der Waals surface area contributed by atoms with Gasteiger partial charge in [0.1, 0.15) is 0 Å². The number of carbonyl (C=O) groups is 1. The van der Waals surface area contributed by atoms with E-state index in [-0.39, 0.29) is 5.97 Å². The zero-order valence-corrected chi connectivity index (χ0v) is 12.9. The molecule has 0 aliphatic rings. The van der Waals surface area contributed by atoms with Crippen LogP contribution in [0.25, 0.3) is 0 Å². The number of ether oxygens (including phenoxy) is 2. The Morgan fingerprint density at radius 1 is 1.25 bits per heavy atom. The van der Waals surface area contributed by atoms with E-state index in [1.165, 1.54) is 26.4 Å². The van der Waals surface area contributed by atoms with Crippen LogP contribution in [0.3, 0.4) is 0 Å². The van der Waals surface area contributed by atoms with Gasteiger partial charge in [-0.1, -0.05) is 51.3 Å². The molecule has 1 rings (SSSR count). The van der Waals surface area contributed by atoms with Crippen molar-refractivity contribution in [1.29, 1.82) is 0 Å². The summed E-state index contributed by atoms with van der Waals surface area (Å²) >= 11 is 0. The highest BCUT2D eigenvalue weighted by Crippen LogP contribution is 2.16. The lowest BCUT2D eigenvalue weighted by molar-refractivity contribution is 0.0582. The van der Waals surface area contributed by atoms with Gasteiger partial charge in [-0.2, -0.15) is 0 Å². The quantitative estimate of drug-likeness (QED) is 0.635. The molecule has 0 fully saturated rings. The molecular formula is C17H26O3. The molecule has 112 valence electrons. The third kappa shape index (κ3) is 5.33. The number of carbonyl (C=O) groups excluding carboxylic acids is 1. The van der Waals surface area contributed by atoms with Crippen molar-refractivity contribution in [3.05, 3.63) is 35.4 Å². The Labute approximate surface area is 122 Å². The number of hydrogen-bond donors (Lipinski definition) is 0. The summed E-state index contributed by atoms with van der Waals surface area (Å²) in [5, 5.41) is 0. The molecule has 0 aromatic heterocycles. The minimum Gasteiger partial charge on any atom is -0.465 e. The molecular weight excluding hydrogens is 252 g/mol. The van der Waals surface area contributed by atoms with Gasteiger partial charge in [0.2, 0.25) is 0 Å². The molecule has 0 saturated heterocycles. The van der Waals surface area contributed by atoms with Crippen molar-refractivity contribution in [3.8, 4) is 0 Å². The molecule has 1 aromatic carbocycles. The second-order valence-electron chi connectivity index (χ2n) is 5.08. The van der Waals surface area contributed by atoms with Crippen LogP contribution in [0, 0.1) is 5.92 Å². The van der Waals surface area contributed by atoms with E-state index in [9.17, 15) is 4.79 Å². The minimum absolute atomic E-state index is 0.303. The Morgan fingerprint density at radius 3 is 2.65 bits per heavy atom. The SMILES string of the molecule is CCCCC(CC)COCc1ccccc1C(=O)OC. The van der Waals surface area contributed by atoms with E-state index < -0.39 is 0 Å². The third-order valence-corrected chi connectivity index (χ3v) is 3.58. The van der Waals surface area contributed by atoms with Gasteiger partial charge in [-0.15, -0.1) is 0 Å². The Bertz CT molecular complexity index is 401. The van der Waals surface area contributed by atoms with E-state index in [1.807, 2.05) is 18.2 Å². The topological polar surface area (TPSA) is 35.5 Å². The predicted molar refractivity (Wildman–Crippen MR) is 80.7 cm³/mol. The van der Waals surface area contributed by atoms with Crippen molar-refractivity contribution < 1.29 is 14.3 Å². The van der Waals surface area contributed by atoms with Crippen molar-refractivity contribution in [2.75, 3.05) is 13.7 Å². The van der Waals surface area contributed by atoms with Crippen LogP contribution in [0.4, 0.5) is 0 Å². The van der Waals surface area contributed by atoms with Gasteiger partial charge in [0.25, 0.3) is 0 Å². The molecule has 1 unspecified atom stereocenters. The van der Waals surface area contributed by atoms with Gasteiger partial charge in [0, 0.05) is 6.61 Å².